The van der Waals surface area contributed by atoms with E-state index in [9.17, 15) is 4.79 Å². The quantitative estimate of drug-likeness (QED) is 0.286. The van der Waals surface area contributed by atoms with Gasteiger partial charge in [0.1, 0.15) is 11.3 Å². The lowest BCUT2D eigenvalue weighted by Gasteiger charge is -2.57. The van der Waals surface area contributed by atoms with Gasteiger partial charge in [-0.25, -0.2) is 0 Å². The fourth-order valence-corrected chi connectivity index (χ4v) is 6.59. The van der Waals surface area contributed by atoms with Crippen molar-refractivity contribution in [3.8, 4) is 5.75 Å². The van der Waals surface area contributed by atoms with Crippen molar-refractivity contribution in [2.24, 2.45) is 0 Å². The molecule has 0 unspecified atom stereocenters. The number of hydrogen-bond donors (Lipinski definition) is 0. The molecule has 2 heterocycles. The number of fused-ring (bicyclic) bond motifs is 3. The molecular weight excluding hydrogens is 462 g/mol. The van der Waals surface area contributed by atoms with Gasteiger partial charge in [-0.1, -0.05) is 84.4 Å². The summed E-state index contributed by atoms with van der Waals surface area (Å²) in [5.41, 5.74) is 2.52. The first kappa shape index (κ1) is 21.3. The minimum Gasteiger partial charge on any atom is -0.478 e. The van der Waals surface area contributed by atoms with E-state index in [2.05, 4.69) is 30.3 Å². The van der Waals surface area contributed by atoms with Crippen LogP contribution in [0.3, 0.4) is 0 Å². The van der Waals surface area contributed by atoms with Crippen LogP contribution >= 0.6 is 23.4 Å². The average Bonchev–Trinajstić information content (AvgIpc) is 3.02. The molecule has 0 spiro atoms. The minimum absolute atomic E-state index is 0.0273. The van der Waals surface area contributed by atoms with Gasteiger partial charge in [0.15, 0.2) is 0 Å². The Morgan fingerprint density at radius 2 is 1.47 bits per heavy atom. The summed E-state index contributed by atoms with van der Waals surface area (Å²) in [4.78, 5) is 16.8. The Kier molecular flexibility index (Phi) is 5.35. The van der Waals surface area contributed by atoms with Crippen molar-refractivity contribution in [3.63, 3.8) is 0 Å². The maximum absolute atomic E-state index is 13.8. The molecule has 4 aromatic rings. The van der Waals surface area contributed by atoms with E-state index in [0.29, 0.717) is 17.2 Å². The molecule has 0 radical (unpaired) electrons. The van der Waals surface area contributed by atoms with Crippen molar-refractivity contribution in [1.82, 2.24) is 0 Å². The Morgan fingerprint density at radius 1 is 0.824 bits per heavy atom. The maximum atomic E-state index is 13.8. The lowest BCUT2D eigenvalue weighted by atomic mass is 9.70. The molecule has 1 saturated heterocycles. The fourth-order valence-electron chi connectivity index (χ4n) is 5.09. The van der Waals surface area contributed by atoms with Gasteiger partial charge in [-0.2, -0.15) is 0 Å². The average molecular weight is 484 g/mol. The predicted octanol–water partition coefficient (Wildman–Crippen LogP) is 7.27. The van der Waals surface area contributed by atoms with Crippen molar-refractivity contribution >= 4 is 35.0 Å². The highest BCUT2D eigenvalue weighted by atomic mass is 35.5. The number of anilines is 1. The van der Waals surface area contributed by atoms with Crippen LogP contribution in [0, 0.1) is 0 Å². The molecule has 0 bridgehead atoms. The third-order valence-corrected chi connectivity index (χ3v) is 8.24. The fraction of sp³-hybridized carbons (Fsp3) is 0.138. The molecule has 34 heavy (non-hydrogen) atoms. The van der Waals surface area contributed by atoms with E-state index in [4.69, 9.17) is 16.3 Å². The highest BCUT2D eigenvalue weighted by Crippen LogP contribution is 2.59. The summed E-state index contributed by atoms with van der Waals surface area (Å²) in [6.45, 7) is 0. The molecule has 4 aromatic carbocycles. The number of halogens is 1. The number of benzene rings is 4. The normalized spacial score (nSPS) is 23.3. The number of thioether (sulfide) groups is 1. The molecule has 0 N–H and O–H groups in total. The molecule has 5 heteroatoms. The standard InChI is InChI=1S/C29H22ClNO2S/c30-22-17-15-21(16-18-22)29-19-26(20-9-3-1-4-10-20)34-25-14-8-7-13-24(25)31(29)28(32)27(29)33-23-11-5-2-6-12-23/h1-18,26-27H,19H2/t26-,27-,29-/m1/s1. The van der Waals surface area contributed by atoms with Crippen molar-refractivity contribution in [2.75, 3.05) is 4.90 Å². The van der Waals surface area contributed by atoms with Crippen LogP contribution in [0.5, 0.6) is 5.75 Å². The molecule has 1 fully saturated rings. The van der Waals surface area contributed by atoms with Gasteiger partial charge >= 0.3 is 0 Å². The molecule has 6 rings (SSSR count). The van der Waals surface area contributed by atoms with Crippen LogP contribution in [0.4, 0.5) is 5.69 Å². The summed E-state index contributed by atoms with van der Waals surface area (Å²) in [6, 6.07) is 36.1. The lowest BCUT2D eigenvalue weighted by molar-refractivity contribution is -0.142. The van der Waals surface area contributed by atoms with Crippen molar-refractivity contribution in [1.29, 1.82) is 0 Å². The molecule has 168 valence electrons. The van der Waals surface area contributed by atoms with E-state index in [-0.39, 0.29) is 11.2 Å². The smallest absolute Gasteiger partial charge is 0.271 e. The first-order valence-electron chi connectivity index (χ1n) is 11.3. The number of carbonyl (C=O) groups is 1. The number of rotatable bonds is 4. The summed E-state index contributed by atoms with van der Waals surface area (Å²) in [5.74, 6) is 0.663. The zero-order valence-corrected chi connectivity index (χ0v) is 19.9. The largest absolute Gasteiger partial charge is 0.478 e. The van der Waals surface area contributed by atoms with Gasteiger partial charge in [0, 0.05) is 15.2 Å². The first-order chi connectivity index (χ1) is 16.7. The molecule has 2 aliphatic rings. The van der Waals surface area contributed by atoms with Gasteiger partial charge < -0.3 is 4.74 Å². The number of para-hydroxylation sites is 2. The Morgan fingerprint density at radius 3 is 2.21 bits per heavy atom. The van der Waals surface area contributed by atoms with Crippen LogP contribution in [0.25, 0.3) is 0 Å². The van der Waals surface area contributed by atoms with E-state index in [1.165, 1.54) is 5.56 Å². The second kappa shape index (κ2) is 8.53. The Bertz CT molecular complexity index is 1330. The Hall–Kier alpha value is -3.21. The number of hydrogen-bond acceptors (Lipinski definition) is 3. The second-order valence-corrected chi connectivity index (χ2v) is 10.3. The van der Waals surface area contributed by atoms with Crippen LogP contribution in [0.15, 0.2) is 114 Å². The number of ether oxygens (including phenoxy) is 1. The highest BCUT2D eigenvalue weighted by Gasteiger charge is 2.65. The maximum Gasteiger partial charge on any atom is 0.271 e. The third-order valence-electron chi connectivity index (χ3n) is 6.66. The Labute approximate surface area is 208 Å². The van der Waals surface area contributed by atoms with Crippen molar-refractivity contribution < 1.29 is 9.53 Å². The lowest BCUT2D eigenvalue weighted by Crippen LogP contribution is -2.74. The van der Waals surface area contributed by atoms with Gasteiger partial charge in [0.25, 0.3) is 5.91 Å². The minimum atomic E-state index is -0.669. The molecule has 1 amide bonds. The third kappa shape index (κ3) is 3.41. The summed E-state index contributed by atoms with van der Waals surface area (Å²) < 4.78 is 6.44. The number of nitrogens with zero attached hydrogens (tertiary/aromatic N) is 1. The number of β-lactam (4-membered cyclic amide) rings is 1. The number of carbonyl (C=O) groups excluding carboxylic acids is 1. The highest BCUT2D eigenvalue weighted by molar-refractivity contribution is 7.99. The molecule has 3 nitrogen and oxygen atoms in total. The zero-order chi connectivity index (χ0) is 23.1. The molecule has 2 aliphatic heterocycles. The van der Waals surface area contributed by atoms with E-state index < -0.39 is 11.6 Å². The molecule has 0 saturated carbocycles. The van der Waals surface area contributed by atoms with E-state index >= 15 is 0 Å². The van der Waals surface area contributed by atoms with E-state index in [1.54, 1.807) is 0 Å². The summed E-state index contributed by atoms with van der Waals surface area (Å²) >= 11 is 8.08. The van der Waals surface area contributed by atoms with Crippen LogP contribution in [0.1, 0.15) is 22.8 Å². The van der Waals surface area contributed by atoms with Crippen LogP contribution in [-0.2, 0) is 10.3 Å². The van der Waals surface area contributed by atoms with Crippen molar-refractivity contribution in [3.05, 3.63) is 125 Å². The molecule has 0 aromatic heterocycles. The molecule has 0 aliphatic carbocycles. The first-order valence-corrected chi connectivity index (χ1v) is 12.5. The van der Waals surface area contributed by atoms with Crippen LogP contribution in [-0.4, -0.2) is 12.0 Å². The molecular formula is C29H22ClNO2S. The van der Waals surface area contributed by atoms with E-state index in [0.717, 1.165) is 16.1 Å². The van der Waals surface area contributed by atoms with Crippen molar-refractivity contribution in [2.45, 2.75) is 28.2 Å². The SMILES string of the molecule is O=C1[C@@H](Oc2ccccc2)[C@]2(c3ccc(Cl)cc3)C[C@H](c3ccccc3)Sc3ccccc3N12. The van der Waals surface area contributed by atoms with Gasteiger partial charge in [0.2, 0.25) is 6.10 Å². The summed E-state index contributed by atoms with van der Waals surface area (Å²) in [5, 5.41) is 0.805. The van der Waals surface area contributed by atoms with Crippen LogP contribution in [0.2, 0.25) is 5.02 Å². The van der Waals surface area contributed by atoms with E-state index in [1.807, 2.05) is 95.5 Å². The molecule has 3 atom stereocenters. The topological polar surface area (TPSA) is 29.5 Å². The Balaban J connectivity index is 1.55. The predicted molar refractivity (Wildman–Crippen MR) is 138 cm³/mol. The summed E-state index contributed by atoms with van der Waals surface area (Å²) in [7, 11) is 0. The summed E-state index contributed by atoms with van der Waals surface area (Å²) in [6.07, 6.45) is 0.0652. The van der Waals surface area contributed by atoms with Gasteiger partial charge in [-0.05, 0) is 53.9 Å². The van der Waals surface area contributed by atoms with Crippen LogP contribution < -0.4 is 9.64 Å². The number of amides is 1. The zero-order valence-electron chi connectivity index (χ0n) is 18.3. The van der Waals surface area contributed by atoms with Gasteiger partial charge in [-0.15, -0.1) is 11.8 Å². The monoisotopic (exact) mass is 483 g/mol. The van der Waals surface area contributed by atoms with Gasteiger partial charge in [-0.3, -0.25) is 9.69 Å². The second-order valence-electron chi connectivity index (χ2n) is 8.60. The van der Waals surface area contributed by atoms with Gasteiger partial charge in [0.05, 0.1) is 5.69 Å².